The summed E-state index contributed by atoms with van der Waals surface area (Å²) in [7, 11) is 1.63. The molecule has 124 valence electrons. The number of hydrogen-bond acceptors (Lipinski definition) is 3. The predicted molar refractivity (Wildman–Crippen MR) is 93.9 cm³/mol. The number of hydrogen-bond donors (Lipinski definition) is 1. The SMILES string of the molecule is COc1cc(C)ccc1C#CCCNC(=O)OCc1ccccc1. The number of carbonyl (C=O) groups is 1. The number of methoxy groups -OCH3 is 1. The van der Waals surface area contributed by atoms with Crippen LogP contribution in [-0.4, -0.2) is 19.7 Å². The zero-order valence-corrected chi connectivity index (χ0v) is 14.0. The molecular weight excluding hydrogens is 302 g/mol. The molecule has 0 unspecified atom stereocenters. The average Bonchev–Trinajstić information content (AvgIpc) is 2.61. The largest absolute Gasteiger partial charge is 0.495 e. The number of ether oxygens (including phenoxy) is 2. The van der Waals surface area contributed by atoms with Gasteiger partial charge in [-0.2, -0.15) is 0 Å². The van der Waals surface area contributed by atoms with Crippen LogP contribution in [0.25, 0.3) is 0 Å². The summed E-state index contributed by atoms with van der Waals surface area (Å²) in [5, 5.41) is 2.68. The first kappa shape index (κ1) is 17.4. The highest BCUT2D eigenvalue weighted by molar-refractivity contribution is 5.67. The standard InChI is InChI=1S/C20H21NO3/c1-16-11-12-18(19(14-16)23-2)10-6-7-13-21-20(22)24-15-17-8-4-3-5-9-17/h3-5,8-9,11-12,14H,7,13,15H2,1-2H3,(H,21,22). The molecule has 0 saturated heterocycles. The third-order valence-corrected chi connectivity index (χ3v) is 3.31. The third kappa shape index (κ3) is 5.69. The first-order chi connectivity index (χ1) is 11.7. The molecule has 0 spiro atoms. The summed E-state index contributed by atoms with van der Waals surface area (Å²) in [4.78, 5) is 11.6. The molecule has 0 radical (unpaired) electrons. The van der Waals surface area contributed by atoms with Crippen LogP contribution in [0.2, 0.25) is 0 Å². The van der Waals surface area contributed by atoms with Gasteiger partial charge in [0.2, 0.25) is 0 Å². The summed E-state index contributed by atoms with van der Waals surface area (Å²) in [5.41, 5.74) is 2.92. The van der Waals surface area contributed by atoms with E-state index >= 15 is 0 Å². The van der Waals surface area contributed by atoms with Gasteiger partial charge in [-0.15, -0.1) is 0 Å². The Morgan fingerprint density at radius 2 is 1.96 bits per heavy atom. The average molecular weight is 323 g/mol. The van der Waals surface area contributed by atoms with Gasteiger partial charge in [0.25, 0.3) is 0 Å². The van der Waals surface area contributed by atoms with E-state index in [-0.39, 0.29) is 6.61 Å². The van der Waals surface area contributed by atoms with Gasteiger partial charge in [-0.05, 0) is 30.2 Å². The molecule has 0 saturated carbocycles. The van der Waals surface area contributed by atoms with E-state index in [1.807, 2.05) is 55.5 Å². The van der Waals surface area contributed by atoms with Crippen molar-refractivity contribution in [3.05, 3.63) is 65.2 Å². The summed E-state index contributed by atoms with van der Waals surface area (Å²) in [5.74, 6) is 6.84. The smallest absolute Gasteiger partial charge is 0.407 e. The van der Waals surface area contributed by atoms with Gasteiger partial charge in [0, 0.05) is 13.0 Å². The molecule has 0 bridgehead atoms. The van der Waals surface area contributed by atoms with E-state index in [1.54, 1.807) is 7.11 Å². The quantitative estimate of drug-likeness (QED) is 0.674. The summed E-state index contributed by atoms with van der Waals surface area (Å²) < 4.78 is 10.4. The Labute approximate surface area is 142 Å². The summed E-state index contributed by atoms with van der Waals surface area (Å²) in [6.45, 7) is 2.71. The number of alkyl carbamates (subject to hydrolysis) is 1. The van der Waals surface area contributed by atoms with E-state index < -0.39 is 6.09 Å². The fraction of sp³-hybridized carbons (Fsp3) is 0.250. The van der Waals surface area contributed by atoms with E-state index in [0.29, 0.717) is 13.0 Å². The molecule has 0 aliphatic rings. The molecule has 2 aromatic carbocycles. The minimum absolute atomic E-state index is 0.263. The molecule has 0 aliphatic carbocycles. The van der Waals surface area contributed by atoms with Crippen molar-refractivity contribution >= 4 is 6.09 Å². The van der Waals surface area contributed by atoms with E-state index in [0.717, 1.165) is 22.4 Å². The van der Waals surface area contributed by atoms with Gasteiger partial charge in [0.05, 0.1) is 12.7 Å². The van der Waals surface area contributed by atoms with Gasteiger partial charge in [0.1, 0.15) is 12.4 Å². The lowest BCUT2D eigenvalue weighted by molar-refractivity contribution is 0.140. The van der Waals surface area contributed by atoms with E-state index in [9.17, 15) is 4.79 Å². The lowest BCUT2D eigenvalue weighted by Crippen LogP contribution is -2.24. The number of aryl methyl sites for hydroxylation is 1. The Hall–Kier alpha value is -2.93. The molecule has 24 heavy (non-hydrogen) atoms. The van der Waals surface area contributed by atoms with E-state index in [2.05, 4.69) is 17.2 Å². The van der Waals surface area contributed by atoms with Crippen molar-refractivity contribution in [2.75, 3.05) is 13.7 Å². The van der Waals surface area contributed by atoms with Crippen molar-refractivity contribution in [3.63, 3.8) is 0 Å². The predicted octanol–water partition coefficient (Wildman–Crippen LogP) is 3.67. The second-order valence-corrected chi connectivity index (χ2v) is 5.24. The highest BCUT2D eigenvalue weighted by Crippen LogP contribution is 2.18. The van der Waals surface area contributed by atoms with Crippen molar-refractivity contribution in [1.82, 2.24) is 5.32 Å². The second-order valence-electron chi connectivity index (χ2n) is 5.24. The van der Waals surface area contributed by atoms with Gasteiger partial charge < -0.3 is 14.8 Å². The van der Waals surface area contributed by atoms with Crippen LogP contribution >= 0.6 is 0 Å². The normalized spacial score (nSPS) is 9.58. The van der Waals surface area contributed by atoms with Gasteiger partial charge in [0.15, 0.2) is 0 Å². The lowest BCUT2D eigenvalue weighted by Gasteiger charge is -2.05. The summed E-state index contributed by atoms with van der Waals surface area (Å²) >= 11 is 0. The van der Waals surface area contributed by atoms with Crippen molar-refractivity contribution in [3.8, 4) is 17.6 Å². The van der Waals surface area contributed by atoms with Crippen molar-refractivity contribution in [1.29, 1.82) is 0 Å². The van der Waals surface area contributed by atoms with Crippen LogP contribution in [0.15, 0.2) is 48.5 Å². The molecule has 1 amide bonds. The minimum Gasteiger partial charge on any atom is -0.495 e. The minimum atomic E-state index is -0.437. The molecule has 0 atom stereocenters. The van der Waals surface area contributed by atoms with Crippen LogP contribution in [0.5, 0.6) is 5.75 Å². The number of benzene rings is 2. The van der Waals surface area contributed by atoms with Crippen molar-refractivity contribution in [2.24, 2.45) is 0 Å². The van der Waals surface area contributed by atoms with Crippen LogP contribution in [0.4, 0.5) is 4.79 Å². The van der Waals surface area contributed by atoms with Crippen LogP contribution in [0, 0.1) is 18.8 Å². The van der Waals surface area contributed by atoms with E-state index in [4.69, 9.17) is 9.47 Å². The van der Waals surface area contributed by atoms with Crippen molar-refractivity contribution < 1.29 is 14.3 Å². The highest BCUT2D eigenvalue weighted by atomic mass is 16.5. The molecule has 2 rings (SSSR count). The number of carbonyl (C=O) groups excluding carboxylic acids is 1. The second kappa shape index (κ2) is 9.26. The Morgan fingerprint density at radius 3 is 2.71 bits per heavy atom. The molecule has 0 heterocycles. The first-order valence-corrected chi connectivity index (χ1v) is 7.77. The topological polar surface area (TPSA) is 47.6 Å². The molecule has 4 heteroatoms. The maximum Gasteiger partial charge on any atom is 0.407 e. The fourth-order valence-corrected chi connectivity index (χ4v) is 2.06. The van der Waals surface area contributed by atoms with Gasteiger partial charge in [-0.3, -0.25) is 0 Å². The van der Waals surface area contributed by atoms with Gasteiger partial charge >= 0.3 is 6.09 Å². The molecular formula is C20H21NO3. The molecule has 0 aromatic heterocycles. The van der Waals surface area contributed by atoms with Gasteiger partial charge in [-0.25, -0.2) is 4.79 Å². The maximum absolute atomic E-state index is 11.6. The molecule has 0 aliphatic heterocycles. The molecule has 1 N–H and O–H groups in total. The fourth-order valence-electron chi connectivity index (χ4n) is 2.06. The Kier molecular flexibility index (Phi) is 6.73. The zero-order valence-electron chi connectivity index (χ0n) is 14.0. The Balaban J connectivity index is 1.72. The molecule has 0 fully saturated rings. The third-order valence-electron chi connectivity index (χ3n) is 3.31. The summed E-state index contributed by atoms with van der Waals surface area (Å²) in [6.07, 6.45) is 0.103. The number of rotatable bonds is 5. The Bertz CT molecular complexity index is 730. The van der Waals surface area contributed by atoms with Crippen LogP contribution in [-0.2, 0) is 11.3 Å². The zero-order chi connectivity index (χ0) is 17.2. The van der Waals surface area contributed by atoms with Gasteiger partial charge in [-0.1, -0.05) is 48.2 Å². The molecule has 4 nitrogen and oxygen atoms in total. The summed E-state index contributed by atoms with van der Waals surface area (Å²) in [6, 6.07) is 15.4. The van der Waals surface area contributed by atoms with Crippen LogP contribution < -0.4 is 10.1 Å². The lowest BCUT2D eigenvalue weighted by atomic mass is 10.1. The maximum atomic E-state index is 11.6. The van der Waals surface area contributed by atoms with Crippen LogP contribution in [0.3, 0.4) is 0 Å². The van der Waals surface area contributed by atoms with Crippen molar-refractivity contribution in [2.45, 2.75) is 20.0 Å². The Morgan fingerprint density at radius 1 is 1.17 bits per heavy atom. The van der Waals surface area contributed by atoms with E-state index in [1.165, 1.54) is 0 Å². The monoisotopic (exact) mass is 323 g/mol. The van der Waals surface area contributed by atoms with Crippen LogP contribution in [0.1, 0.15) is 23.1 Å². The first-order valence-electron chi connectivity index (χ1n) is 7.77. The number of amides is 1. The molecule has 2 aromatic rings. The highest BCUT2D eigenvalue weighted by Gasteiger charge is 2.01. The number of nitrogens with one attached hydrogen (secondary N) is 1.